The Labute approximate surface area is 171 Å². The van der Waals surface area contributed by atoms with E-state index in [1.54, 1.807) is 5.38 Å². The van der Waals surface area contributed by atoms with Crippen LogP contribution in [-0.4, -0.2) is 42.9 Å². The van der Waals surface area contributed by atoms with Gasteiger partial charge in [-0.25, -0.2) is 22.8 Å². The molecule has 1 amide bonds. The SMILES string of the molecule is CS(=O)(=O)CCOCc1ccccc1-c1csc(NC(=O)c2ccc(F)cn2)n1. The van der Waals surface area contributed by atoms with E-state index in [4.69, 9.17) is 4.74 Å². The molecule has 152 valence electrons. The number of carbonyl (C=O) groups excluding carboxylic acids is 1. The van der Waals surface area contributed by atoms with Gasteiger partial charge >= 0.3 is 0 Å². The number of nitrogens with zero attached hydrogens (tertiary/aromatic N) is 2. The quantitative estimate of drug-likeness (QED) is 0.546. The Kier molecular flexibility index (Phi) is 6.68. The normalized spacial score (nSPS) is 11.4. The van der Waals surface area contributed by atoms with Crippen molar-refractivity contribution in [2.24, 2.45) is 0 Å². The Morgan fingerprint density at radius 3 is 2.76 bits per heavy atom. The van der Waals surface area contributed by atoms with Crippen LogP contribution in [-0.2, 0) is 21.2 Å². The second kappa shape index (κ2) is 9.21. The van der Waals surface area contributed by atoms with E-state index in [2.05, 4.69) is 15.3 Å². The minimum Gasteiger partial charge on any atom is -0.376 e. The van der Waals surface area contributed by atoms with Gasteiger partial charge in [-0.05, 0) is 17.7 Å². The molecule has 10 heteroatoms. The molecule has 3 rings (SSSR count). The van der Waals surface area contributed by atoms with Gasteiger partial charge in [0.25, 0.3) is 5.91 Å². The number of benzene rings is 1. The number of pyridine rings is 1. The molecular weight excluding hydrogens is 417 g/mol. The summed E-state index contributed by atoms with van der Waals surface area (Å²) in [7, 11) is -3.08. The standard InChI is InChI=1S/C19H18FN3O4S2/c1-29(25,26)9-8-27-11-13-4-2-3-5-15(13)17-12-28-19(22-17)23-18(24)16-7-6-14(20)10-21-16/h2-7,10,12H,8-9,11H2,1H3,(H,22,23,24). The molecule has 2 heterocycles. The highest BCUT2D eigenvalue weighted by molar-refractivity contribution is 7.90. The van der Waals surface area contributed by atoms with Crippen LogP contribution >= 0.6 is 11.3 Å². The fourth-order valence-electron chi connectivity index (χ4n) is 2.41. The lowest BCUT2D eigenvalue weighted by Gasteiger charge is -2.08. The lowest BCUT2D eigenvalue weighted by Crippen LogP contribution is -2.13. The number of rotatable bonds is 8. The smallest absolute Gasteiger partial charge is 0.276 e. The summed E-state index contributed by atoms with van der Waals surface area (Å²) in [6.45, 7) is 0.348. The second-order valence-electron chi connectivity index (χ2n) is 6.19. The average Bonchev–Trinajstić information content (AvgIpc) is 3.13. The predicted octanol–water partition coefficient (Wildman–Crippen LogP) is 3.16. The van der Waals surface area contributed by atoms with Gasteiger partial charge in [0.15, 0.2) is 5.13 Å². The van der Waals surface area contributed by atoms with Crippen LogP contribution in [0.2, 0.25) is 0 Å². The molecule has 0 fully saturated rings. The van der Waals surface area contributed by atoms with E-state index in [-0.39, 0.29) is 24.7 Å². The molecule has 29 heavy (non-hydrogen) atoms. The lowest BCUT2D eigenvalue weighted by molar-refractivity contribution is 0.102. The number of ether oxygens (including phenoxy) is 1. The first-order chi connectivity index (χ1) is 13.8. The van der Waals surface area contributed by atoms with Crippen molar-refractivity contribution in [3.8, 4) is 11.3 Å². The largest absolute Gasteiger partial charge is 0.376 e. The van der Waals surface area contributed by atoms with Gasteiger partial charge in [0.2, 0.25) is 0 Å². The molecule has 1 aromatic carbocycles. The summed E-state index contributed by atoms with van der Waals surface area (Å²) in [5.41, 5.74) is 2.41. The molecule has 1 N–H and O–H groups in total. The molecular formula is C19H18FN3O4S2. The summed E-state index contributed by atoms with van der Waals surface area (Å²) < 4.78 is 40.8. The molecule has 0 saturated heterocycles. The van der Waals surface area contributed by atoms with Crippen molar-refractivity contribution >= 4 is 32.2 Å². The topological polar surface area (TPSA) is 98.2 Å². The van der Waals surface area contributed by atoms with E-state index >= 15 is 0 Å². The molecule has 0 aliphatic carbocycles. The van der Waals surface area contributed by atoms with Crippen LogP contribution in [0, 0.1) is 5.82 Å². The van der Waals surface area contributed by atoms with Gasteiger partial charge in [-0.1, -0.05) is 24.3 Å². The van der Waals surface area contributed by atoms with Gasteiger partial charge in [0.1, 0.15) is 21.3 Å². The Morgan fingerprint density at radius 1 is 1.24 bits per heavy atom. The molecule has 2 aromatic heterocycles. The summed E-state index contributed by atoms with van der Waals surface area (Å²) in [6.07, 6.45) is 2.14. The molecule has 0 bridgehead atoms. The third kappa shape index (κ3) is 6.14. The van der Waals surface area contributed by atoms with Crippen LogP contribution in [0.5, 0.6) is 0 Å². The molecule has 0 aliphatic heterocycles. The fourth-order valence-corrected chi connectivity index (χ4v) is 3.54. The molecule has 0 unspecified atom stereocenters. The number of sulfone groups is 1. The van der Waals surface area contributed by atoms with E-state index in [9.17, 15) is 17.6 Å². The van der Waals surface area contributed by atoms with Gasteiger partial charge in [-0.2, -0.15) is 0 Å². The number of hydrogen-bond acceptors (Lipinski definition) is 7. The number of anilines is 1. The first kappa shape index (κ1) is 21.0. The maximum Gasteiger partial charge on any atom is 0.276 e. The van der Waals surface area contributed by atoms with Crippen molar-refractivity contribution in [1.82, 2.24) is 9.97 Å². The van der Waals surface area contributed by atoms with Crippen LogP contribution in [0.25, 0.3) is 11.3 Å². The molecule has 0 saturated carbocycles. The molecule has 7 nitrogen and oxygen atoms in total. The van der Waals surface area contributed by atoms with Crippen molar-refractivity contribution in [3.05, 3.63) is 65.0 Å². The molecule has 0 atom stereocenters. The van der Waals surface area contributed by atoms with Crippen molar-refractivity contribution in [2.75, 3.05) is 23.9 Å². The summed E-state index contributed by atoms with van der Waals surface area (Å²) in [6, 6.07) is 9.91. The average molecular weight is 436 g/mol. The van der Waals surface area contributed by atoms with Crippen LogP contribution in [0.3, 0.4) is 0 Å². The maximum absolute atomic E-state index is 12.9. The summed E-state index contributed by atoms with van der Waals surface area (Å²) in [5, 5.41) is 4.82. The lowest BCUT2D eigenvalue weighted by atomic mass is 10.1. The Morgan fingerprint density at radius 2 is 2.03 bits per heavy atom. The highest BCUT2D eigenvalue weighted by Crippen LogP contribution is 2.28. The summed E-state index contributed by atoms with van der Waals surface area (Å²) in [5.74, 6) is -1.05. The third-order valence-electron chi connectivity index (χ3n) is 3.83. The van der Waals surface area contributed by atoms with Crippen molar-refractivity contribution in [1.29, 1.82) is 0 Å². The Hall–Kier alpha value is -2.69. The highest BCUT2D eigenvalue weighted by atomic mass is 32.2. The van der Waals surface area contributed by atoms with Crippen molar-refractivity contribution < 1.29 is 22.3 Å². The molecule has 0 radical (unpaired) electrons. The number of hydrogen-bond donors (Lipinski definition) is 1. The van der Waals surface area contributed by atoms with Crippen LogP contribution in [0.15, 0.2) is 48.0 Å². The minimum absolute atomic E-state index is 0.0422. The van der Waals surface area contributed by atoms with Gasteiger partial charge in [-0.3, -0.25) is 10.1 Å². The first-order valence-corrected chi connectivity index (χ1v) is 11.5. The van der Waals surface area contributed by atoms with Gasteiger partial charge in [0.05, 0.1) is 30.9 Å². The molecule has 3 aromatic rings. The number of aromatic nitrogens is 2. The van der Waals surface area contributed by atoms with Gasteiger partial charge in [0, 0.05) is 17.2 Å². The number of halogens is 1. The minimum atomic E-state index is -3.08. The zero-order valence-electron chi connectivity index (χ0n) is 15.5. The monoisotopic (exact) mass is 435 g/mol. The van der Waals surface area contributed by atoms with E-state index in [1.165, 1.54) is 17.4 Å². The van der Waals surface area contributed by atoms with Crippen molar-refractivity contribution in [2.45, 2.75) is 6.61 Å². The van der Waals surface area contributed by atoms with E-state index in [0.717, 1.165) is 29.6 Å². The predicted molar refractivity (Wildman–Crippen MR) is 109 cm³/mol. The van der Waals surface area contributed by atoms with E-state index in [0.29, 0.717) is 10.8 Å². The Bertz CT molecular complexity index is 1100. The zero-order valence-corrected chi connectivity index (χ0v) is 17.1. The fraction of sp³-hybridized carbons (Fsp3) is 0.211. The third-order valence-corrected chi connectivity index (χ3v) is 5.50. The van der Waals surface area contributed by atoms with Gasteiger partial charge in [-0.15, -0.1) is 11.3 Å². The molecule has 0 aliphatic rings. The number of nitrogens with one attached hydrogen (secondary N) is 1. The van der Waals surface area contributed by atoms with Crippen molar-refractivity contribution in [3.63, 3.8) is 0 Å². The highest BCUT2D eigenvalue weighted by Gasteiger charge is 2.13. The van der Waals surface area contributed by atoms with Crippen LogP contribution in [0.4, 0.5) is 9.52 Å². The maximum atomic E-state index is 12.9. The molecule has 0 spiro atoms. The van der Waals surface area contributed by atoms with Crippen LogP contribution < -0.4 is 5.32 Å². The Balaban J connectivity index is 1.68. The summed E-state index contributed by atoms with van der Waals surface area (Å²) >= 11 is 1.25. The van der Waals surface area contributed by atoms with E-state index in [1.807, 2.05) is 24.3 Å². The number of carbonyl (C=O) groups is 1. The van der Waals surface area contributed by atoms with Gasteiger partial charge < -0.3 is 4.74 Å². The number of amides is 1. The van der Waals surface area contributed by atoms with Crippen LogP contribution in [0.1, 0.15) is 16.1 Å². The number of thiazole rings is 1. The first-order valence-electron chi connectivity index (χ1n) is 8.54. The van der Waals surface area contributed by atoms with E-state index < -0.39 is 21.6 Å². The zero-order chi connectivity index (χ0) is 20.9. The summed E-state index contributed by atoms with van der Waals surface area (Å²) in [4.78, 5) is 20.4. The second-order valence-corrected chi connectivity index (χ2v) is 9.31.